The molecule has 116 valence electrons. The number of halogens is 1. The number of benzene rings is 1. The highest BCUT2D eigenvalue weighted by Crippen LogP contribution is 2.21. The van der Waals surface area contributed by atoms with Crippen LogP contribution in [0, 0.1) is 11.8 Å². The third-order valence-electron chi connectivity index (χ3n) is 3.63. The lowest BCUT2D eigenvalue weighted by molar-refractivity contribution is -0.137. The van der Waals surface area contributed by atoms with Gasteiger partial charge in [-0.3, -0.25) is 9.59 Å². The molecule has 21 heavy (non-hydrogen) atoms. The van der Waals surface area contributed by atoms with Gasteiger partial charge < -0.3 is 10.4 Å². The first-order valence-electron chi connectivity index (χ1n) is 7.06. The molecule has 2 unspecified atom stereocenters. The zero-order valence-electron chi connectivity index (χ0n) is 12.6. The molecule has 1 rings (SSSR count). The molecule has 0 heterocycles. The fourth-order valence-electron chi connectivity index (χ4n) is 1.90. The van der Waals surface area contributed by atoms with Crippen LogP contribution in [0.4, 0.5) is 0 Å². The maximum Gasteiger partial charge on any atom is 0.305 e. The molecule has 5 heteroatoms. The Balaban J connectivity index is 2.76. The van der Waals surface area contributed by atoms with E-state index in [9.17, 15) is 9.59 Å². The van der Waals surface area contributed by atoms with Crippen molar-refractivity contribution in [3.8, 4) is 0 Å². The summed E-state index contributed by atoms with van der Waals surface area (Å²) in [6, 6.07) is 6.83. The molecule has 1 amide bonds. The summed E-state index contributed by atoms with van der Waals surface area (Å²) >= 11 is 3.34. The molecule has 1 aromatic carbocycles. The molecule has 0 radical (unpaired) electrons. The number of nitrogens with one attached hydrogen (secondary N) is 1. The number of carboxylic acids is 1. The van der Waals surface area contributed by atoms with Crippen molar-refractivity contribution in [1.82, 2.24) is 5.32 Å². The van der Waals surface area contributed by atoms with Crippen LogP contribution < -0.4 is 5.32 Å². The van der Waals surface area contributed by atoms with Crippen molar-refractivity contribution >= 4 is 27.8 Å². The molecule has 0 aromatic heterocycles. The Hall–Kier alpha value is -1.36. The zero-order chi connectivity index (χ0) is 16.0. The van der Waals surface area contributed by atoms with E-state index in [1.165, 1.54) is 0 Å². The predicted molar refractivity (Wildman–Crippen MR) is 85.9 cm³/mol. The van der Waals surface area contributed by atoms with Crippen molar-refractivity contribution < 1.29 is 14.7 Å². The Morgan fingerprint density at radius 1 is 1.14 bits per heavy atom. The highest BCUT2D eigenvalue weighted by molar-refractivity contribution is 9.10. The van der Waals surface area contributed by atoms with Crippen LogP contribution in [-0.4, -0.2) is 17.0 Å². The summed E-state index contributed by atoms with van der Waals surface area (Å²) in [6.45, 7) is 6.17. The van der Waals surface area contributed by atoms with Crippen LogP contribution in [0.5, 0.6) is 0 Å². The third-order valence-corrected chi connectivity index (χ3v) is 4.16. The van der Waals surface area contributed by atoms with E-state index in [2.05, 4.69) is 35.1 Å². The van der Waals surface area contributed by atoms with Crippen molar-refractivity contribution in [2.45, 2.75) is 39.7 Å². The van der Waals surface area contributed by atoms with E-state index in [0.29, 0.717) is 12.3 Å². The first-order valence-corrected chi connectivity index (χ1v) is 7.85. The average Bonchev–Trinajstić information content (AvgIpc) is 2.38. The Morgan fingerprint density at radius 3 is 2.19 bits per heavy atom. The van der Waals surface area contributed by atoms with Gasteiger partial charge in [0.1, 0.15) is 0 Å². The van der Waals surface area contributed by atoms with E-state index in [-0.39, 0.29) is 18.2 Å². The molecule has 4 nitrogen and oxygen atoms in total. The predicted octanol–water partition coefficient (Wildman–Crippen LogP) is 3.76. The fourth-order valence-corrected chi connectivity index (χ4v) is 2.17. The largest absolute Gasteiger partial charge is 0.481 e. The Morgan fingerprint density at radius 2 is 1.71 bits per heavy atom. The number of carboxylic acid groups (broad SMARTS) is 1. The summed E-state index contributed by atoms with van der Waals surface area (Å²) in [5.41, 5.74) is 0.797. The summed E-state index contributed by atoms with van der Waals surface area (Å²) in [6.07, 6.45) is 0.285. The average molecular weight is 356 g/mol. The van der Waals surface area contributed by atoms with Gasteiger partial charge in [0.25, 0.3) is 0 Å². The van der Waals surface area contributed by atoms with Crippen molar-refractivity contribution in [2.75, 3.05) is 0 Å². The van der Waals surface area contributed by atoms with Crippen molar-refractivity contribution in [2.24, 2.45) is 11.8 Å². The van der Waals surface area contributed by atoms with Crippen LogP contribution in [0.1, 0.15) is 45.2 Å². The summed E-state index contributed by atoms with van der Waals surface area (Å²) in [7, 11) is 0. The van der Waals surface area contributed by atoms with Gasteiger partial charge in [-0.1, -0.05) is 48.8 Å². The van der Waals surface area contributed by atoms with Crippen molar-refractivity contribution in [3.63, 3.8) is 0 Å². The SMILES string of the molecule is CC(C)C(C)CC(=O)NC(CC(=O)O)c1ccc(Br)cc1. The molecule has 0 bridgehead atoms. The quantitative estimate of drug-likeness (QED) is 0.782. The number of carbonyl (C=O) groups excluding carboxylic acids is 1. The Labute approximate surface area is 134 Å². The summed E-state index contributed by atoms with van der Waals surface area (Å²) < 4.78 is 0.917. The number of hydrogen-bond acceptors (Lipinski definition) is 2. The topological polar surface area (TPSA) is 66.4 Å². The second-order valence-corrected chi connectivity index (χ2v) is 6.61. The van der Waals surface area contributed by atoms with E-state index in [1.54, 1.807) is 0 Å². The van der Waals surface area contributed by atoms with Gasteiger partial charge in [0.05, 0.1) is 12.5 Å². The van der Waals surface area contributed by atoms with E-state index in [0.717, 1.165) is 10.0 Å². The van der Waals surface area contributed by atoms with Gasteiger partial charge in [-0.15, -0.1) is 0 Å². The number of rotatable bonds is 7. The van der Waals surface area contributed by atoms with E-state index >= 15 is 0 Å². The monoisotopic (exact) mass is 355 g/mol. The van der Waals surface area contributed by atoms with Gasteiger partial charge in [-0.05, 0) is 29.5 Å². The standard InChI is InChI=1S/C16H22BrNO3/c1-10(2)11(3)8-15(19)18-14(9-16(20)21)12-4-6-13(17)7-5-12/h4-7,10-11,14H,8-9H2,1-3H3,(H,18,19)(H,20,21). The third kappa shape index (κ3) is 6.29. The molecule has 0 aliphatic carbocycles. The van der Waals surface area contributed by atoms with Crippen LogP contribution >= 0.6 is 15.9 Å². The first-order chi connectivity index (χ1) is 9.79. The lowest BCUT2D eigenvalue weighted by Gasteiger charge is -2.20. The van der Waals surface area contributed by atoms with Crippen LogP contribution in [-0.2, 0) is 9.59 Å². The van der Waals surface area contributed by atoms with Crippen LogP contribution in [0.2, 0.25) is 0 Å². The van der Waals surface area contributed by atoms with Crippen LogP contribution in [0.15, 0.2) is 28.7 Å². The molecule has 1 aromatic rings. The highest BCUT2D eigenvalue weighted by Gasteiger charge is 2.20. The lowest BCUT2D eigenvalue weighted by Crippen LogP contribution is -2.31. The molecule has 0 aliphatic rings. The molecular weight excluding hydrogens is 334 g/mol. The van der Waals surface area contributed by atoms with Crippen LogP contribution in [0.25, 0.3) is 0 Å². The fraction of sp³-hybridized carbons (Fsp3) is 0.500. The maximum absolute atomic E-state index is 12.1. The number of amides is 1. The molecule has 2 atom stereocenters. The maximum atomic E-state index is 12.1. The van der Waals surface area contributed by atoms with Gasteiger partial charge in [0.15, 0.2) is 0 Å². The van der Waals surface area contributed by atoms with Crippen LogP contribution in [0.3, 0.4) is 0 Å². The van der Waals surface area contributed by atoms with Crippen molar-refractivity contribution in [1.29, 1.82) is 0 Å². The smallest absolute Gasteiger partial charge is 0.305 e. The molecule has 0 fully saturated rings. The molecule has 2 N–H and O–H groups in total. The minimum Gasteiger partial charge on any atom is -0.481 e. The second kappa shape index (κ2) is 8.17. The minimum absolute atomic E-state index is 0.106. The molecule has 0 spiro atoms. The van der Waals surface area contributed by atoms with Gasteiger partial charge in [-0.25, -0.2) is 0 Å². The van der Waals surface area contributed by atoms with Gasteiger partial charge >= 0.3 is 5.97 Å². The lowest BCUT2D eigenvalue weighted by atomic mass is 9.94. The number of hydrogen-bond donors (Lipinski definition) is 2. The van der Waals surface area contributed by atoms with Gasteiger partial charge in [-0.2, -0.15) is 0 Å². The molecule has 0 aliphatic heterocycles. The second-order valence-electron chi connectivity index (χ2n) is 5.69. The van der Waals surface area contributed by atoms with E-state index in [1.807, 2.05) is 31.2 Å². The van der Waals surface area contributed by atoms with E-state index in [4.69, 9.17) is 5.11 Å². The summed E-state index contributed by atoms with van der Waals surface area (Å²) in [4.78, 5) is 23.1. The minimum atomic E-state index is -0.930. The normalized spacial score (nSPS) is 13.8. The number of aliphatic carboxylic acids is 1. The zero-order valence-corrected chi connectivity index (χ0v) is 14.2. The number of carbonyl (C=O) groups is 2. The molecular formula is C16H22BrNO3. The van der Waals surface area contributed by atoms with Gasteiger partial charge in [0, 0.05) is 10.9 Å². The highest BCUT2D eigenvalue weighted by atomic mass is 79.9. The first kappa shape index (κ1) is 17.7. The summed E-state index contributed by atoms with van der Waals surface area (Å²) in [5.74, 6) is -0.354. The molecule has 0 saturated carbocycles. The Kier molecular flexibility index (Phi) is 6.89. The van der Waals surface area contributed by atoms with Gasteiger partial charge in [0.2, 0.25) is 5.91 Å². The molecule has 0 saturated heterocycles. The Bertz CT molecular complexity index is 485. The van der Waals surface area contributed by atoms with Crippen molar-refractivity contribution in [3.05, 3.63) is 34.3 Å². The van der Waals surface area contributed by atoms with E-state index < -0.39 is 12.0 Å². The summed E-state index contributed by atoms with van der Waals surface area (Å²) in [5, 5.41) is 11.9.